The lowest BCUT2D eigenvalue weighted by atomic mass is 10.2. The number of halogens is 2. The Morgan fingerprint density at radius 3 is 2.65 bits per heavy atom. The number of hydrogen-bond donors (Lipinski definition) is 2. The molecule has 2 rings (SSSR count). The smallest absolute Gasteiger partial charge is 0.244 e. The highest BCUT2D eigenvalue weighted by molar-refractivity contribution is 7.89. The lowest BCUT2D eigenvalue weighted by Crippen LogP contribution is -2.43. The van der Waals surface area contributed by atoms with Gasteiger partial charge < -0.3 is 10.8 Å². The van der Waals surface area contributed by atoms with Crippen LogP contribution in [0.1, 0.15) is 6.42 Å². The molecule has 0 unspecified atom stereocenters. The third-order valence-electron chi connectivity index (χ3n) is 3.00. The average molecular weight is 323 g/mol. The van der Waals surface area contributed by atoms with Crippen molar-refractivity contribution in [3.05, 3.63) is 29.0 Å². The fraction of sp³-hybridized carbons (Fsp3) is 0.364. The molecule has 0 radical (unpaired) electrons. The number of amides is 1. The standard InChI is InChI=1S/C11H12ClFN2O4S/c12-6-1-7(13)3-9(2-6)20(18,19)15-5-8(16)4-10(15)11(14)17/h1-3,8,10,16H,4-5H2,(H2,14,17)/t8-,10+/m1/s1. The first kappa shape index (κ1) is 15.2. The van der Waals surface area contributed by atoms with E-state index in [-0.39, 0.29) is 22.9 Å². The van der Waals surface area contributed by atoms with Gasteiger partial charge in [-0.3, -0.25) is 4.79 Å². The van der Waals surface area contributed by atoms with Crippen LogP contribution in [0.5, 0.6) is 0 Å². The highest BCUT2D eigenvalue weighted by Crippen LogP contribution is 2.28. The van der Waals surface area contributed by atoms with Crippen molar-refractivity contribution in [2.45, 2.75) is 23.5 Å². The normalized spacial score (nSPS) is 23.9. The van der Waals surface area contributed by atoms with E-state index < -0.39 is 33.9 Å². The molecule has 2 atom stereocenters. The summed E-state index contributed by atoms with van der Waals surface area (Å²) in [5, 5.41) is 9.44. The molecule has 1 aliphatic rings. The van der Waals surface area contributed by atoms with E-state index >= 15 is 0 Å². The lowest BCUT2D eigenvalue weighted by molar-refractivity contribution is -0.121. The first-order chi connectivity index (χ1) is 9.21. The van der Waals surface area contributed by atoms with Gasteiger partial charge in [0, 0.05) is 18.0 Å². The topological polar surface area (TPSA) is 101 Å². The van der Waals surface area contributed by atoms with Gasteiger partial charge >= 0.3 is 0 Å². The van der Waals surface area contributed by atoms with Gasteiger partial charge in [-0.25, -0.2) is 12.8 Å². The number of nitrogens with zero attached hydrogens (tertiary/aromatic N) is 1. The number of primary amides is 1. The number of carbonyl (C=O) groups excluding carboxylic acids is 1. The number of β-amino-alcohol motifs (C(OH)–C–C–N with tert-alkyl or cyclic N) is 1. The maximum atomic E-state index is 13.3. The Hall–Kier alpha value is -1.22. The Labute approximate surface area is 120 Å². The average Bonchev–Trinajstić information content (AvgIpc) is 2.71. The maximum Gasteiger partial charge on any atom is 0.244 e. The predicted octanol–water partition coefficient (Wildman–Crippen LogP) is 0.0883. The molecule has 0 aromatic heterocycles. The van der Waals surface area contributed by atoms with E-state index in [0.717, 1.165) is 22.5 Å². The van der Waals surface area contributed by atoms with E-state index in [1.54, 1.807) is 0 Å². The fourth-order valence-electron chi connectivity index (χ4n) is 2.12. The molecule has 1 aromatic rings. The minimum absolute atomic E-state index is 0.0843. The largest absolute Gasteiger partial charge is 0.392 e. The van der Waals surface area contributed by atoms with Crippen molar-refractivity contribution in [2.75, 3.05) is 6.54 Å². The van der Waals surface area contributed by atoms with Crippen LogP contribution in [-0.4, -0.2) is 42.4 Å². The zero-order valence-corrected chi connectivity index (χ0v) is 11.7. The zero-order chi connectivity index (χ0) is 15.1. The molecule has 1 saturated heterocycles. The van der Waals surface area contributed by atoms with Crippen LogP contribution in [0, 0.1) is 5.82 Å². The van der Waals surface area contributed by atoms with Crippen molar-refractivity contribution in [3.63, 3.8) is 0 Å². The van der Waals surface area contributed by atoms with Crippen LogP contribution in [0.15, 0.2) is 23.1 Å². The monoisotopic (exact) mass is 322 g/mol. The summed E-state index contributed by atoms with van der Waals surface area (Å²) < 4.78 is 38.8. The van der Waals surface area contributed by atoms with Crippen LogP contribution in [0.4, 0.5) is 4.39 Å². The molecule has 1 aromatic carbocycles. The summed E-state index contributed by atoms with van der Waals surface area (Å²) in [5.74, 6) is -1.68. The Balaban J connectivity index is 2.46. The van der Waals surface area contributed by atoms with Crippen LogP contribution < -0.4 is 5.73 Å². The Morgan fingerprint density at radius 2 is 2.10 bits per heavy atom. The zero-order valence-electron chi connectivity index (χ0n) is 10.2. The molecule has 1 aliphatic heterocycles. The number of carbonyl (C=O) groups is 1. The van der Waals surface area contributed by atoms with Gasteiger partial charge in [-0.15, -0.1) is 0 Å². The molecular weight excluding hydrogens is 311 g/mol. The number of hydrogen-bond acceptors (Lipinski definition) is 4. The van der Waals surface area contributed by atoms with Crippen LogP contribution in [0.2, 0.25) is 5.02 Å². The van der Waals surface area contributed by atoms with E-state index in [1.165, 1.54) is 0 Å². The molecule has 0 aliphatic carbocycles. The van der Waals surface area contributed by atoms with Gasteiger partial charge in [-0.2, -0.15) is 4.31 Å². The van der Waals surface area contributed by atoms with E-state index in [9.17, 15) is 22.7 Å². The number of aliphatic hydroxyl groups is 1. The first-order valence-electron chi connectivity index (χ1n) is 5.67. The third-order valence-corrected chi connectivity index (χ3v) is 5.08. The molecule has 1 heterocycles. The first-order valence-corrected chi connectivity index (χ1v) is 7.49. The summed E-state index contributed by atoms with van der Waals surface area (Å²) in [4.78, 5) is 10.9. The Kier molecular flexibility index (Phi) is 4.01. The molecule has 1 amide bonds. The SMILES string of the molecule is NC(=O)[C@@H]1C[C@@H](O)CN1S(=O)(=O)c1cc(F)cc(Cl)c1. The van der Waals surface area contributed by atoms with Crippen LogP contribution in [0.25, 0.3) is 0 Å². The number of rotatable bonds is 3. The number of sulfonamides is 1. The van der Waals surface area contributed by atoms with Gasteiger partial charge in [0.2, 0.25) is 15.9 Å². The summed E-state index contributed by atoms with van der Waals surface area (Å²) in [7, 11) is -4.16. The molecule has 20 heavy (non-hydrogen) atoms. The Bertz CT molecular complexity index is 632. The second-order valence-corrected chi connectivity index (χ2v) is 6.81. The summed E-state index contributed by atoms with van der Waals surface area (Å²) in [6.45, 7) is -0.274. The number of benzene rings is 1. The Morgan fingerprint density at radius 1 is 1.45 bits per heavy atom. The van der Waals surface area contributed by atoms with Crippen molar-refractivity contribution in [1.82, 2.24) is 4.31 Å². The van der Waals surface area contributed by atoms with Crippen LogP contribution >= 0.6 is 11.6 Å². The summed E-state index contributed by atoms with van der Waals surface area (Å²) in [6, 6.07) is 1.68. The fourth-order valence-corrected chi connectivity index (χ4v) is 4.11. The van der Waals surface area contributed by atoms with Gasteiger partial charge in [-0.05, 0) is 18.2 Å². The minimum Gasteiger partial charge on any atom is -0.392 e. The van der Waals surface area contributed by atoms with Crippen molar-refractivity contribution >= 4 is 27.5 Å². The van der Waals surface area contributed by atoms with Crippen molar-refractivity contribution in [2.24, 2.45) is 5.73 Å². The van der Waals surface area contributed by atoms with E-state index in [2.05, 4.69) is 0 Å². The van der Waals surface area contributed by atoms with E-state index in [0.29, 0.717) is 0 Å². The molecule has 1 fully saturated rings. The van der Waals surface area contributed by atoms with Gasteiger partial charge in [0.25, 0.3) is 0 Å². The quantitative estimate of drug-likeness (QED) is 0.823. The summed E-state index contributed by atoms with van der Waals surface area (Å²) >= 11 is 5.63. The molecule has 0 saturated carbocycles. The molecule has 9 heteroatoms. The second-order valence-electron chi connectivity index (χ2n) is 4.49. The van der Waals surface area contributed by atoms with Gasteiger partial charge in [0.05, 0.1) is 11.0 Å². The molecule has 3 N–H and O–H groups in total. The minimum atomic E-state index is -4.16. The maximum absolute atomic E-state index is 13.3. The van der Waals surface area contributed by atoms with Crippen molar-refractivity contribution in [3.8, 4) is 0 Å². The van der Waals surface area contributed by atoms with E-state index in [1.807, 2.05) is 0 Å². The summed E-state index contributed by atoms with van der Waals surface area (Å²) in [6.07, 6.45) is -1.08. The molecule has 0 bridgehead atoms. The van der Waals surface area contributed by atoms with Crippen molar-refractivity contribution in [1.29, 1.82) is 0 Å². The number of nitrogens with two attached hydrogens (primary N) is 1. The molecule has 110 valence electrons. The van der Waals surface area contributed by atoms with Crippen LogP contribution in [0.3, 0.4) is 0 Å². The van der Waals surface area contributed by atoms with Gasteiger partial charge in [-0.1, -0.05) is 11.6 Å². The van der Waals surface area contributed by atoms with E-state index in [4.69, 9.17) is 17.3 Å². The summed E-state index contributed by atoms with van der Waals surface area (Å²) in [5.41, 5.74) is 5.13. The van der Waals surface area contributed by atoms with Crippen LogP contribution in [-0.2, 0) is 14.8 Å². The lowest BCUT2D eigenvalue weighted by Gasteiger charge is -2.21. The highest BCUT2D eigenvalue weighted by atomic mass is 35.5. The van der Waals surface area contributed by atoms with Gasteiger partial charge in [0.1, 0.15) is 11.9 Å². The second kappa shape index (κ2) is 5.28. The molecule has 0 spiro atoms. The third kappa shape index (κ3) is 2.78. The van der Waals surface area contributed by atoms with Crippen molar-refractivity contribution < 1.29 is 22.7 Å². The van der Waals surface area contributed by atoms with Gasteiger partial charge in [0.15, 0.2) is 0 Å². The predicted molar refractivity (Wildman–Crippen MR) is 68.9 cm³/mol. The molecular formula is C11H12ClFN2O4S. The molecule has 6 nitrogen and oxygen atoms in total. The highest BCUT2D eigenvalue weighted by Gasteiger charge is 2.42. The number of aliphatic hydroxyl groups excluding tert-OH is 1.